The summed E-state index contributed by atoms with van der Waals surface area (Å²) < 4.78 is 77.7. The van der Waals surface area contributed by atoms with E-state index in [0.717, 1.165) is 18.2 Å². The van der Waals surface area contributed by atoms with Crippen molar-refractivity contribution in [1.29, 1.82) is 0 Å². The fraction of sp³-hybridized carbons (Fsp3) is 0.391. The Labute approximate surface area is 204 Å². The van der Waals surface area contributed by atoms with Crippen molar-refractivity contribution in [3.63, 3.8) is 0 Å². The van der Waals surface area contributed by atoms with Crippen molar-refractivity contribution in [1.82, 2.24) is 9.80 Å². The Morgan fingerprint density at radius 1 is 0.972 bits per heavy atom. The Morgan fingerprint density at radius 3 is 2.08 bits per heavy atom. The van der Waals surface area contributed by atoms with Gasteiger partial charge >= 0.3 is 6.36 Å². The number of fused-ring (bicyclic) bond motifs is 1. The van der Waals surface area contributed by atoms with Gasteiger partial charge in [-0.2, -0.15) is 0 Å². The lowest BCUT2D eigenvalue weighted by Gasteiger charge is -2.22. The van der Waals surface area contributed by atoms with Crippen LogP contribution >= 0.6 is 0 Å². The topological polar surface area (TPSA) is 110 Å². The van der Waals surface area contributed by atoms with Crippen molar-refractivity contribution < 1.29 is 40.3 Å². The summed E-state index contributed by atoms with van der Waals surface area (Å²) in [6, 6.07) is 8.25. The van der Waals surface area contributed by atoms with Gasteiger partial charge in [0.15, 0.2) is 0 Å². The van der Waals surface area contributed by atoms with Crippen molar-refractivity contribution in [2.24, 2.45) is 17.0 Å². The fourth-order valence-electron chi connectivity index (χ4n) is 4.65. The number of likely N-dealkylation sites (tertiary alicyclic amines) is 2. The fourth-order valence-corrected chi connectivity index (χ4v) is 5.17. The number of rotatable bonds is 6. The van der Waals surface area contributed by atoms with Crippen LogP contribution in [-0.4, -0.2) is 62.6 Å². The Morgan fingerprint density at radius 2 is 1.56 bits per heavy atom. The predicted molar refractivity (Wildman–Crippen MR) is 119 cm³/mol. The monoisotopic (exact) mass is 529 g/mol. The van der Waals surface area contributed by atoms with Gasteiger partial charge in [-0.3, -0.25) is 9.59 Å². The summed E-state index contributed by atoms with van der Waals surface area (Å²) in [4.78, 5) is 28.2. The third kappa shape index (κ3) is 5.95. The first-order valence-electron chi connectivity index (χ1n) is 11.0. The average molecular weight is 530 g/mol. The molecule has 36 heavy (non-hydrogen) atoms. The van der Waals surface area contributed by atoms with E-state index in [4.69, 9.17) is 5.14 Å². The number of carbonyl (C=O) groups is 2. The molecule has 2 heterocycles. The molecule has 2 aliphatic heterocycles. The number of benzene rings is 2. The normalized spacial score (nSPS) is 19.9. The molecule has 2 atom stereocenters. The lowest BCUT2D eigenvalue weighted by atomic mass is 10.0. The molecule has 8 nitrogen and oxygen atoms in total. The molecule has 0 radical (unpaired) electrons. The zero-order valence-corrected chi connectivity index (χ0v) is 19.7. The number of primary sulfonamides is 1. The second-order valence-electron chi connectivity index (χ2n) is 8.91. The first-order chi connectivity index (χ1) is 16.8. The maximum absolute atomic E-state index is 14.4. The number of amides is 2. The second kappa shape index (κ2) is 9.69. The van der Waals surface area contributed by atoms with Gasteiger partial charge in [-0.05, 0) is 42.3 Å². The summed E-state index contributed by atoms with van der Waals surface area (Å²) in [6.07, 6.45) is -4.23. The van der Waals surface area contributed by atoms with Gasteiger partial charge < -0.3 is 14.5 Å². The molecule has 0 spiro atoms. The standard InChI is InChI=1S/C23H23F4N3O5S/c24-20-9-18(36(28,33)34)6-7-19(20)22(32)30-12-15-10-29(11-16(15)13-30)21(31)8-3-14-1-4-17(5-2-14)35-23(25,26)27/h1-2,4-7,9,15-16H,3,8,10-13H2,(H2,28,33,34)/t15-,16?/m1/s1. The van der Waals surface area contributed by atoms with Crippen LogP contribution in [0.4, 0.5) is 17.6 Å². The van der Waals surface area contributed by atoms with E-state index < -0.39 is 33.0 Å². The van der Waals surface area contributed by atoms with Crippen LogP contribution in [0, 0.1) is 17.7 Å². The molecule has 2 N–H and O–H groups in total. The molecule has 13 heteroatoms. The third-order valence-electron chi connectivity index (χ3n) is 6.41. The quantitative estimate of drug-likeness (QED) is 0.579. The van der Waals surface area contributed by atoms with E-state index in [2.05, 4.69) is 4.74 Å². The summed E-state index contributed by atoms with van der Waals surface area (Å²) in [7, 11) is -4.09. The first kappa shape index (κ1) is 25.9. The summed E-state index contributed by atoms with van der Waals surface area (Å²) in [5.41, 5.74) is 0.450. The minimum Gasteiger partial charge on any atom is -0.406 e. The van der Waals surface area contributed by atoms with E-state index in [-0.39, 0.29) is 35.5 Å². The number of ether oxygens (including phenoxy) is 1. The second-order valence-corrected chi connectivity index (χ2v) is 10.5. The number of halogens is 4. The Hall–Kier alpha value is -3.19. The summed E-state index contributed by atoms with van der Waals surface area (Å²) in [6.45, 7) is 1.56. The first-order valence-corrected chi connectivity index (χ1v) is 12.6. The molecule has 2 aliphatic rings. The van der Waals surface area contributed by atoms with Crippen molar-refractivity contribution in [2.45, 2.75) is 24.1 Å². The average Bonchev–Trinajstić information content (AvgIpc) is 3.36. The summed E-state index contributed by atoms with van der Waals surface area (Å²) in [5.74, 6) is -1.89. The highest BCUT2D eigenvalue weighted by molar-refractivity contribution is 7.89. The van der Waals surface area contributed by atoms with E-state index in [9.17, 15) is 35.6 Å². The molecule has 2 amide bonds. The Kier molecular flexibility index (Phi) is 6.97. The SMILES string of the molecule is NS(=O)(=O)c1ccc(C(=O)N2CC3CN(C(=O)CCc4ccc(OC(F)(F)F)cc4)C[C@@H]3C2)c(F)c1. The largest absolute Gasteiger partial charge is 0.573 e. The van der Waals surface area contributed by atoms with Crippen molar-refractivity contribution in [2.75, 3.05) is 26.2 Å². The number of aryl methyl sites for hydroxylation is 1. The summed E-state index contributed by atoms with van der Waals surface area (Å²) in [5, 5.41) is 4.99. The zero-order chi connectivity index (χ0) is 26.3. The molecule has 1 unspecified atom stereocenters. The number of hydrogen-bond acceptors (Lipinski definition) is 5. The van der Waals surface area contributed by atoms with Gasteiger partial charge in [-0.15, -0.1) is 13.2 Å². The van der Waals surface area contributed by atoms with Crippen LogP contribution in [0.3, 0.4) is 0 Å². The number of hydrogen-bond donors (Lipinski definition) is 1. The van der Waals surface area contributed by atoms with E-state index in [1.165, 1.54) is 29.2 Å². The van der Waals surface area contributed by atoms with Gasteiger partial charge in [0.2, 0.25) is 15.9 Å². The number of nitrogens with zero attached hydrogens (tertiary/aromatic N) is 2. The van der Waals surface area contributed by atoms with Crippen LogP contribution in [0.2, 0.25) is 0 Å². The number of alkyl halides is 3. The van der Waals surface area contributed by atoms with E-state index in [1.54, 1.807) is 4.90 Å². The third-order valence-corrected chi connectivity index (χ3v) is 7.32. The van der Waals surface area contributed by atoms with Crippen LogP contribution in [0.5, 0.6) is 5.75 Å². The zero-order valence-electron chi connectivity index (χ0n) is 18.9. The molecule has 0 bridgehead atoms. The molecular formula is C23H23F4N3O5S. The molecule has 2 aromatic carbocycles. The number of carbonyl (C=O) groups excluding carboxylic acids is 2. The van der Waals surface area contributed by atoms with Gasteiger partial charge in [-0.1, -0.05) is 12.1 Å². The number of sulfonamides is 1. The minimum atomic E-state index is -4.77. The van der Waals surface area contributed by atoms with Gasteiger partial charge in [0, 0.05) is 44.4 Å². The van der Waals surface area contributed by atoms with Crippen LogP contribution in [-0.2, 0) is 21.2 Å². The molecule has 4 rings (SSSR count). The number of nitrogens with two attached hydrogens (primary N) is 1. The lowest BCUT2D eigenvalue weighted by molar-refractivity contribution is -0.274. The molecular weight excluding hydrogens is 506 g/mol. The van der Waals surface area contributed by atoms with E-state index >= 15 is 0 Å². The van der Waals surface area contributed by atoms with Gasteiger partial charge in [0.1, 0.15) is 11.6 Å². The van der Waals surface area contributed by atoms with Crippen molar-refractivity contribution in [3.05, 3.63) is 59.4 Å². The molecule has 0 saturated carbocycles. The molecule has 0 aliphatic carbocycles. The van der Waals surface area contributed by atoms with Gasteiger partial charge in [0.25, 0.3) is 5.91 Å². The Bertz CT molecular complexity index is 1250. The molecule has 194 valence electrons. The highest BCUT2D eigenvalue weighted by Gasteiger charge is 2.43. The van der Waals surface area contributed by atoms with Crippen LogP contribution < -0.4 is 9.88 Å². The molecule has 0 aromatic heterocycles. The maximum Gasteiger partial charge on any atom is 0.573 e. The molecule has 2 fully saturated rings. The molecule has 2 saturated heterocycles. The highest BCUT2D eigenvalue weighted by atomic mass is 32.2. The molecule has 2 aromatic rings. The van der Waals surface area contributed by atoms with Crippen molar-refractivity contribution in [3.8, 4) is 5.75 Å². The highest BCUT2D eigenvalue weighted by Crippen LogP contribution is 2.33. The van der Waals surface area contributed by atoms with Crippen LogP contribution in [0.1, 0.15) is 22.3 Å². The van der Waals surface area contributed by atoms with Crippen LogP contribution in [0.15, 0.2) is 47.4 Å². The van der Waals surface area contributed by atoms with E-state index in [0.29, 0.717) is 38.2 Å². The predicted octanol–water partition coefficient (Wildman–Crippen LogP) is 2.53. The lowest BCUT2D eigenvalue weighted by Crippen LogP contribution is -2.36. The van der Waals surface area contributed by atoms with Gasteiger partial charge in [-0.25, -0.2) is 17.9 Å². The van der Waals surface area contributed by atoms with Crippen LogP contribution in [0.25, 0.3) is 0 Å². The minimum absolute atomic E-state index is 0.0310. The van der Waals surface area contributed by atoms with Gasteiger partial charge in [0.05, 0.1) is 10.5 Å². The van der Waals surface area contributed by atoms with Crippen molar-refractivity contribution >= 4 is 21.8 Å². The smallest absolute Gasteiger partial charge is 0.406 e. The Balaban J connectivity index is 1.28. The maximum atomic E-state index is 14.4. The summed E-state index contributed by atoms with van der Waals surface area (Å²) >= 11 is 0. The van der Waals surface area contributed by atoms with E-state index in [1.807, 2.05) is 0 Å².